The SMILES string of the molecule is CS(=O)(=O)NCCCNCC(Cl)=CCl. The van der Waals surface area contributed by atoms with E-state index in [0.717, 1.165) is 6.26 Å². The molecule has 0 heterocycles. The van der Waals surface area contributed by atoms with Gasteiger partial charge < -0.3 is 5.32 Å². The highest BCUT2D eigenvalue weighted by Gasteiger charge is 1.98. The molecule has 0 aromatic rings. The lowest BCUT2D eigenvalue weighted by atomic mass is 10.4. The number of nitrogens with one attached hydrogen (secondary N) is 2. The van der Waals surface area contributed by atoms with E-state index in [2.05, 4.69) is 10.0 Å². The molecule has 0 aliphatic carbocycles. The maximum Gasteiger partial charge on any atom is 0.208 e. The van der Waals surface area contributed by atoms with E-state index in [0.29, 0.717) is 31.1 Å². The van der Waals surface area contributed by atoms with E-state index in [-0.39, 0.29) is 0 Å². The van der Waals surface area contributed by atoms with Gasteiger partial charge in [0.25, 0.3) is 0 Å². The Bertz CT molecular complexity index is 277. The van der Waals surface area contributed by atoms with Crippen LogP contribution in [-0.4, -0.2) is 34.3 Å². The van der Waals surface area contributed by atoms with Crippen molar-refractivity contribution in [3.8, 4) is 0 Å². The van der Waals surface area contributed by atoms with Crippen LogP contribution in [0, 0.1) is 0 Å². The van der Waals surface area contributed by atoms with E-state index in [1.165, 1.54) is 5.54 Å². The summed E-state index contributed by atoms with van der Waals surface area (Å²) in [5.41, 5.74) is 1.29. The molecular weight excluding hydrogens is 247 g/mol. The summed E-state index contributed by atoms with van der Waals surface area (Å²) in [5.74, 6) is 0. The highest BCUT2D eigenvalue weighted by molar-refractivity contribution is 7.88. The summed E-state index contributed by atoms with van der Waals surface area (Å²) in [6, 6.07) is 0. The molecule has 0 saturated heterocycles. The normalized spacial score (nSPS) is 13.2. The van der Waals surface area contributed by atoms with Crippen LogP contribution in [0.5, 0.6) is 0 Å². The van der Waals surface area contributed by atoms with Crippen LogP contribution in [0.4, 0.5) is 0 Å². The zero-order valence-corrected chi connectivity index (χ0v) is 10.2. The molecule has 0 amide bonds. The summed E-state index contributed by atoms with van der Waals surface area (Å²) in [6.45, 7) is 1.61. The molecule has 0 radical (unpaired) electrons. The highest BCUT2D eigenvalue weighted by Crippen LogP contribution is 1.99. The van der Waals surface area contributed by atoms with Crippen LogP contribution < -0.4 is 10.0 Å². The van der Waals surface area contributed by atoms with Gasteiger partial charge in [-0.15, -0.1) is 0 Å². The van der Waals surface area contributed by atoms with E-state index < -0.39 is 10.0 Å². The number of hydrogen-bond acceptors (Lipinski definition) is 3. The predicted octanol–water partition coefficient (Wildman–Crippen LogP) is 0.834. The lowest BCUT2D eigenvalue weighted by Gasteiger charge is -2.03. The molecule has 0 aromatic carbocycles. The van der Waals surface area contributed by atoms with Crippen molar-refractivity contribution >= 4 is 33.2 Å². The molecule has 0 atom stereocenters. The first kappa shape index (κ1) is 14.2. The summed E-state index contributed by atoms with van der Waals surface area (Å²) < 4.78 is 23.7. The maximum absolute atomic E-state index is 10.6. The molecule has 0 aliphatic rings. The lowest BCUT2D eigenvalue weighted by Crippen LogP contribution is -2.26. The van der Waals surface area contributed by atoms with Gasteiger partial charge >= 0.3 is 0 Å². The number of halogens is 2. The van der Waals surface area contributed by atoms with Crippen LogP contribution >= 0.6 is 23.2 Å². The Hall–Kier alpha value is 0.190. The number of sulfonamides is 1. The van der Waals surface area contributed by atoms with Crippen LogP contribution in [0.3, 0.4) is 0 Å². The van der Waals surface area contributed by atoms with Gasteiger partial charge in [-0.25, -0.2) is 13.1 Å². The zero-order valence-electron chi connectivity index (χ0n) is 7.89. The second-order valence-corrected chi connectivity index (χ2v) is 5.29. The fraction of sp³-hybridized carbons (Fsp3) is 0.714. The molecule has 4 nitrogen and oxygen atoms in total. The van der Waals surface area contributed by atoms with E-state index in [9.17, 15) is 8.42 Å². The quantitative estimate of drug-likeness (QED) is 0.667. The van der Waals surface area contributed by atoms with E-state index in [1.807, 2.05) is 0 Å². The second-order valence-electron chi connectivity index (χ2n) is 2.75. The standard InChI is InChI=1S/C7H14Cl2N2O2S/c1-14(12,13)11-4-2-3-10-6-7(9)5-8/h5,10-11H,2-4,6H2,1H3. The van der Waals surface area contributed by atoms with Crippen molar-refractivity contribution in [3.05, 3.63) is 10.6 Å². The van der Waals surface area contributed by atoms with Crippen molar-refractivity contribution < 1.29 is 8.42 Å². The van der Waals surface area contributed by atoms with Gasteiger partial charge in [-0.1, -0.05) is 23.2 Å². The third-order valence-corrected chi connectivity index (χ3v) is 2.65. The maximum atomic E-state index is 10.6. The van der Waals surface area contributed by atoms with Crippen molar-refractivity contribution in [2.24, 2.45) is 0 Å². The molecule has 0 aliphatic heterocycles. The summed E-state index contributed by atoms with van der Waals surface area (Å²) >= 11 is 10.9. The molecule has 0 bridgehead atoms. The van der Waals surface area contributed by atoms with Gasteiger partial charge in [0.15, 0.2) is 0 Å². The average Bonchev–Trinajstić information content (AvgIpc) is 2.08. The Labute approximate surface area is 94.7 Å². The third-order valence-electron chi connectivity index (χ3n) is 1.31. The monoisotopic (exact) mass is 260 g/mol. The molecule has 7 heteroatoms. The zero-order chi connectivity index (χ0) is 11.0. The highest BCUT2D eigenvalue weighted by atomic mass is 35.5. The van der Waals surface area contributed by atoms with Gasteiger partial charge in [0.1, 0.15) is 0 Å². The summed E-state index contributed by atoms with van der Waals surface area (Å²) in [5, 5.41) is 3.53. The first-order valence-electron chi connectivity index (χ1n) is 4.06. The largest absolute Gasteiger partial charge is 0.312 e. The molecule has 0 unspecified atom stereocenters. The van der Waals surface area contributed by atoms with Gasteiger partial charge in [0.05, 0.1) is 6.26 Å². The third kappa shape index (κ3) is 10.3. The van der Waals surface area contributed by atoms with Gasteiger partial charge in [-0.05, 0) is 13.0 Å². The van der Waals surface area contributed by atoms with Crippen molar-refractivity contribution in [1.82, 2.24) is 10.0 Å². The predicted molar refractivity (Wildman–Crippen MR) is 60.1 cm³/mol. The molecule has 14 heavy (non-hydrogen) atoms. The van der Waals surface area contributed by atoms with Gasteiger partial charge in [-0.3, -0.25) is 0 Å². The molecular formula is C7H14Cl2N2O2S. The van der Waals surface area contributed by atoms with Crippen molar-refractivity contribution in [3.63, 3.8) is 0 Å². The molecule has 0 aromatic heterocycles. The minimum Gasteiger partial charge on any atom is -0.312 e. The van der Waals surface area contributed by atoms with Gasteiger partial charge in [0.2, 0.25) is 10.0 Å². The van der Waals surface area contributed by atoms with E-state index in [4.69, 9.17) is 23.2 Å². The number of rotatable bonds is 7. The van der Waals surface area contributed by atoms with Crippen LogP contribution in [0.15, 0.2) is 10.6 Å². The van der Waals surface area contributed by atoms with Crippen molar-refractivity contribution in [1.29, 1.82) is 0 Å². The van der Waals surface area contributed by atoms with Gasteiger partial charge in [0, 0.05) is 23.7 Å². The molecule has 2 N–H and O–H groups in total. The summed E-state index contributed by atoms with van der Waals surface area (Å²) in [7, 11) is -3.07. The van der Waals surface area contributed by atoms with Crippen LogP contribution in [0.1, 0.15) is 6.42 Å². The Morgan fingerprint density at radius 2 is 2.07 bits per heavy atom. The average molecular weight is 261 g/mol. The minimum atomic E-state index is -3.07. The molecule has 0 rings (SSSR count). The smallest absolute Gasteiger partial charge is 0.208 e. The van der Waals surface area contributed by atoms with Crippen LogP contribution in [0.2, 0.25) is 0 Å². The molecule has 0 saturated carbocycles. The minimum absolute atomic E-state index is 0.425. The first-order chi connectivity index (χ1) is 6.45. The molecule has 0 spiro atoms. The fourth-order valence-electron chi connectivity index (χ4n) is 0.717. The van der Waals surface area contributed by atoms with Crippen molar-refractivity contribution in [2.75, 3.05) is 25.9 Å². The topological polar surface area (TPSA) is 58.2 Å². The summed E-state index contributed by atoms with van der Waals surface area (Å²) in [4.78, 5) is 0. The van der Waals surface area contributed by atoms with Crippen molar-refractivity contribution in [2.45, 2.75) is 6.42 Å². The Morgan fingerprint density at radius 1 is 1.43 bits per heavy atom. The van der Waals surface area contributed by atoms with E-state index >= 15 is 0 Å². The van der Waals surface area contributed by atoms with Gasteiger partial charge in [-0.2, -0.15) is 0 Å². The van der Waals surface area contributed by atoms with E-state index in [1.54, 1.807) is 0 Å². The Kier molecular flexibility index (Phi) is 7.58. The summed E-state index contributed by atoms with van der Waals surface area (Å²) in [6.07, 6.45) is 1.84. The number of hydrogen-bond donors (Lipinski definition) is 2. The van der Waals surface area contributed by atoms with Crippen LogP contribution in [0.25, 0.3) is 0 Å². The fourth-order valence-corrected chi connectivity index (χ4v) is 1.40. The Morgan fingerprint density at radius 3 is 2.57 bits per heavy atom. The molecule has 0 fully saturated rings. The first-order valence-corrected chi connectivity index (χ1v) is 6.76. The molecule has 84 valence electrons. The second kappa shape index (κ2) is 7.48. The van der Waals surface area contributed by atoms with Crippen LogP contribution in [-0.2, 0) is 10.0 Å². The Balaban J connectivity index is 3.31. The lowest BCUT2D eigenvalue weighted by molar-refractivity contribution is 0.582.